The molecule has 214 valence electrons. The molecule has 0 spiro atoms. The van der Waals surface area contributed by atoms with E-state index in [1.165, 1.54) is 0 Å². The van der Waals surface area contributed by atoms with Crippen molar-refractivity contribution in [2.45, 2.75) is 189 Å². The van der Waals surface area contributed by atoms with Crippen molar-refractivity contribution in [3.63, 3.8) is 0 Å². The average molecular weight is 588 g/mol. The van der Waals surface area contributed by atoms with Crippen molar-refractivity contribution in [3.05, 3.63) is 0 Å². The third kappa shape index (κ3) is 5.22. The second kappa shape index (κ2) is 9.39. The first-order chi connectivity index (χ1) is 17.0. The van der Waals surface area contributed by atoms with Crippen molar-refractivity contribution >= 4 is 15.9 Å². The fourth-order valence-corrected chi connectivity index (χ4v) is 8.19. The predicted molar refractivity (Wildman–Crippen MR) is 147 cm³/mol. The number of halogens is 1. The topological polar surface area (TPSA) is 66.4 Å². The van der Waals surface area contributed by atoms with E-state index in [2.05, 4.69) is 57.5 Å². The third-order valence-corrected chi connectivity index (χ3v) is 12.2. The Morgan fingerprint density at radius 1 is 0.622 bits per heavy atom. The first kappa shape index (κ1) is 28.8. The van der Waals surface area contributed by atoms with Gasteiger partial charge in [-0.05, 0) is 120 Å². The summed E-state index contributed by atoms with van der Waals surface area (Å²) in [6.45, 7) is 17.0. The van der Waals surface area contributed by atoms with Crippen LogP contribution in [0.4, 0.5) is 0 Å². The summed E-state index contributed by atoms with van der Waals surface area (Å²) in [5, 5.41) is 10.5. The van der Waals surface area contributed by atoms with Gasteiger partial charge in [0.15, 0.2) is 0 Å². The molecule has 5 fully saturated rings. The summed E-state index contributed by atoms with van der Waals surface area (Å²) in [4.78, 5) is 0.321. The van der Waals surface area contributed by atoms with Crippen molar-refractivity contribution in [1.82, 2.24) is 0 Å². The van der Waals surface area contributed by atoms with Crippen molar-refractivity contribution in [2.24, 2.45) is 0 Å². The molecule has 0 radical (unpaired) electrons. The second-order valence-electron chi connectivity index (χ2n) is 14.7. The number of aliphatic hydroxyl groups is 1. The van der Waals surface area contributed by atoms with Gasteiger partial charge in [-0.3, -0.25) is 0 Å². The van der Waals surface area contributed by atoms with Crippen LogP contribution >= 0.6 is 15.9 Å². The van der Waals surface area contributed by atoms with Crippen LogP contribution in [0.5, 0.6) is 0 Å². The highest BCUT2D eigenvalue weighted by Gasteiger charge is 2.58. The van der Waals surface area contributed by atoms with Crippen LogP contribution in [0.25, 0.3) is 0 Å². The van der Waals surface area contributed by atoms with Gasteiger partial charge in [0.1, 0.15) is 0 Å². The highest BCUT2D eigenvalue weighted by atomic mass is 79.9. The molecule has 10 atom stereocenters. The molecule has 7 heteroatoms. The van der Waals surface area contributed by atoms with Gasteiger partial charge in [-0.2, -0.15) is 0 Å². The van der Waals surface area contributed by atoms with Crippen LogP contribution in [-0.4, -0.2) is 74.1 Å². The molecule has 5 saturated heterocycles. The SMILES string of the molecule is CC(C)(O)C1CCC(C)(C2CCC(C)(C3CCC(C4(C)CCC5OC(C)(C)[C@H](Br)CC[C@@]5(C)O4)O3)O2)O1. The lowest BCUT2D eigenvalue weighted by molar-refractivity contribution is -0.278. The summed E-state index contributed by atoms with van der Waals surface area (Å²) in [6, 6.07) is 0. The number of alkyl halides is 1. The summed E-state index contributed by atoms with van der Waals surface area (Å²) in [7, 11) is 0. The molecule has 0 aromatic carbocycles. The fraction of sp³-hybridized carbons (Fsp3) is 1.00. The monoisotopic (exact) mass is 586 g/mol. The minimum Gasteiger partial charge on any atom is -0.388 e. The zero-order valence-electron chi connectivity index (χ0n) is 24.4. The van der Waals surface area contributed by atoms with Gasteiger partial charge in [0.05, 0.1) is 64.1 Å². The summed E-state index contributed by atoms with van der Waals surface area (Å²) >= 11 is 3.87. The minimum absolute atomic E-state index is 0.0253. The van der Waals surface area contributed by atoms with Crippen LogP contribution in [0.1, 0.15) is 120 Å². The molecule has 0 aromatic rings. The van der Waals surface area contributed by atoms with E-state index in [4.69, 9.17) is 23.7 Å². The van der Waals surface area contributed by atoms with Gasteiger partial charge in [-0.15, -0.1) is 0 Å². The van der Waals surface area contributed by atoms with Gasteiger partial charge in [-0.25, -0.2) is 0 Å². The molecule has 0 amide bonds. The molecule has 0 aromatic heterocycles. The molecule has 0 aliphatic carbocycles. The van der Waals surface area contributed by atoms with Gasteiger partial charge < -0.3 is 28.8 Å². The molecule has 5 heterocycles. The van der Waals surface area contributed by atoms with Gasteiger partial charge in [-0.1, -0.05) is 15.9 Å². The summed E-state index contributed by atoms with van der Waals surface area (Å²) in [6.07, 6.45) is 9.74. The lowest BCUT2D eigenvalue weighted by atomic mass is 9.79. The zero-order valence-corrected chi connectivity index (χ0v) is 26.0. The largest absolute Gasteiger partial charge is 0.388 e. The molecule has 0 saturated carbocycles. The Morgan fingerprint density at radius 3 is 1.73 bits per heavy atom. The fourth-order valence-electron chi connectivity index (χ4n) is 7.85. The van der Waals surface area contributed by atoms with E-state index in [-0.39, 0.29) is 58.5 Å². The van der Waals surface area contributed by atoms with Crippen molar-refractivity contribution < 1.29 is 28.8 Å². The van der Waals surface area contributed by atoms with Gasteiger partial charge >= 0.3 is 0 Å². The number of hydrogen-bond donors (Lipinski definition) is 1. The molecule has 5 aliphatic rings. The lowest BCUT2D eigenvalue weighted by Gasteiger charge is -2.51. The number of rotatable bonds is 4. The normalized spacial score (nSPS) is 52.7. The van der Waals surface area contributed by atoms with Crippen LogP contribution in [-0.2, 0) is 23.7 Å². The molecule has 6 nitrogen and oxygen atoms in total. The van der Waals surface area contributed by atoms with Crippen LogP contribution in [0.2, 0.25) is 0 Å². The molecule has 1 N–H and O–H groups in total. The van der Waals surface area contributed by atoms with Crippen LogP contribution < -0.4 is 0 Å². The molecule has 37 heavy (non-hydrogen) atoms. The Bertz CT molecular complexity index is 859. The van der Waals surface area contributed by atoms with Crippen molar-refractivity contribution in [2.75, 3.05) is 0 Å². The van der Waals surface area contributed by atoms with E-state index in [0.29, 0.717) is 4.83 Å². The molecular weight excluding hydrogens is 536 g/mol. The number of ether oxygens (including phenoxy) is 5. The van der Waals surface area contributed by atoms with Crippen molar-refractivity contribution in [3.8, 4) is 0 Å². The molecule has 8 unspecified atom stereocenters. The minimum atomic E-state index is -0.833. The Labute approximate surface area is 233 Å². The van der Waals surface area contributed by atoms with Gasteiger partial charge in [0.25, 0.3) is 0 Å². The van der Waals surface area contributed by atoms with E-state index >= 15 is 0 Å². The first-order valence-electron chi connectivity index (χ1n) is 14.7. The molecule has 0 bridgehead atoms. The average Bonchev–Trinajstić information content (AvgIpc) is 3.52. The van der Waals surface area contributed by atoms with E-state index < -0.39 is 5.60 Å². The standard InChI is InChI=1S/C30H51BrO6/c1-25(2,32)20-12-16-28(6,35-20)23-13-17-27(5,36-23)21-9-10-22(33-21)29(7)18-14-24-30(8,37-29)15-11-19(31)26(3,4)34-24/h19-24,32H,9-18H2,1-8H3/t19-,20?,21?,22?,23?,24?,27?,28?,29?,30-/m1/s1. The van der Waals surface area contributed by atoms with E-state index in [1.807, 2.05) is 13.8 Å². The van der Waals surface area contributed by atoms with Gasteiger partial charge in [0, 0.05) is 4.83 Å². The third-order valence-electron chi connectivity index (χ3n) is 10.6. The highest BCUT2D eigenvalue weighted by molar-refractivity contribution is 9.09. The van der Waals surface area contributed by atoms with Crippen molar-refractivity contribution in [1.29, 1.82) is 0 Å². The second-order valence-corrected chi connectivity index (χ2v) is 15.8. The Balaban J connectivity index is 1.23. The van der Waals surface area contributed by atoms with Crippen LogP contribution in [0, 0.1) is 0 Å². The maximum atomic E-state index is 10.5. The Kier molecular flexibility index (Phi) is 7.30. The van der Waals surface area contributed by atoms with E-state index in [9.17, 15) is 5.11 Å². The highest BCUT2D eigenvalue weighted by Crippen LogP contribution is 2.52. The van der Waals surface area contributed by atoms with Gasteiger partial charge in [0.2, 0.25) is 0 Å². The molecule has 5 rings (SSSR count). The summed E-state index contributed by atoms with van der Waals surface area (Å²) in [5.41, 5.74) is -2.35. The number of fused-ring (bicyclic) bond motifs is 1. The van der Waals surface area contributed by atoms with E-state index in [1.54, 1.807) is 0 Å². The Hall–Kier alpha value is 0.240. The summed E-state index contributed by atoms with van der Waals surface area (Å²) < 4.78 is 33.7. The number of hydrogen-bond acceptors (Lipinski definition) is 6. The predicted octanol–water partition coefficient (Wildman–Crippen LogP) is 6.23. The maximum absolute atomic E-state index is 10.5. The Morgan fingerprint density at radius 2 is 1.11 bits per heavy atom. The van der Waals surface area contributed by atoms with Crippen LogP contribution in [0.15, 0.2) is 0 Å². The quantitative estimate of drug-likeness (QED) is 0.394. The first-order valence-corrected chi connectivity index (χ1v) is 15.7. The molecular formula is C30H51BrO6. The van der Waals surface area contributed by atoms with Crippen LogP contribution in [0.3, 0.4) is 0 Å². The molecule has 5 aliphatic heterocycles. The lowest BCUT2D eigenvalue weighted by Crippen LogP contribution is -2.59. The zero-order chi connectivity index (χ0) is 27.1. The maximum Gasteiger partial charge on any atom is 0.0924 e. The summed E-state index contributed by atoms with van der Waals surface area (Å²) in [5.74, 6) is 0. The van der Waals surface area contributed by atoms with E-state index in [0.717, 1.165) is 64.2 Å². The smallest absolute Gasteiger partial charge is 0.0924 e.